The first-order valence-electron chi connectivity index (χ1n) is 5.88. The average molecular weight is 223 g/mol. The maximum absolute atomic E-state index is 6.11. The van der Waals surface area contributed by atoms with E-state index in [9.17, 15) is 0 Å². The molecule has 2 rings (SSSR count). The zero-order chi connectivity index (χ0) is 11.9. The van der Waals surface area contributed by atoms with Gasteiger partial charge in [-0.05, 0) is 17.5 Å². The second-order valence-electron chi connectivity index (χ2n) is 4.07. The van der Waals surface area contributed by atoms with Gasteiger partial charge < -0.3 is 5.73 Å². The van der Waals surface area contributed by atoms with Crippen molar-refractivity contribution in [1.29, 1.82) is 0 Å². The molecule has 2 aromatic carbocycles. The van der Waals surface area contributed by atoms with E-state index in [1.807, 2.05) is 36.4 Å². The van der Waals surface area contributed by atoms with Crippen molar-refractivity contribution in [2.24, 2.45) is 5.73 Å². The van der Waals surface area contributed by atoms with E-state index in [2.05, 4.69) is 36.4 Å². The zero-order valence-electron chi connectivity index (χ0n) is 9.79. The van der Waals surface area contributed by atoms with Crippen molar-refractivity contribution in [2.45, 2.75) is 12.5 Å². The third kappa shape index (κ3) is 3.58. The molecule has 17 heavy (non-hydrogen) atoms. The maximum Gasteiger partial charge on any atom is 0.0329 e. The molecule has 0 saturated heterocycles. The van der Waals surface area contributed by atoms with Crippen LogP contribution in [0.1, 0.15) is 23.6 Å². The summed E-state index contributed by atoms with van der Waals surface area (Å²) in [5.41, 5.74) is 8.51. The fourth-order valence-corrected chi connectivity index (χ4v) is 1.75. The van der Waals surface area contributed by atoms with Crippen LogP contribution in [0.25, 0.3) is 6.08 Å². The molecule has 0 aliphatic rings. The van der Waals surface area contributed by atoms with Gasteiger partial charge in [0.15, 0.2) is 0 Å². The molecule has 0 aliphatic carbocycles. The van der Waals surface area contributed by atoms with Gasteiger partial charge in [0, 0.05) is 6.04 Å². The SMILES string of the molecule is N[C@H](C/C=C/c1ccccc1)c1ccccc1. The first-order valence-corrected chi connectivity index (χ1v) is 5.88. The Kier molecular flexibility index (Phi) is 4.11. The van der Waals surface area contributed by atoms with Crippen LogP contribution in [0.15, 0.2) is 66.7 Å². The molecule has 0 unspecified atom stereocenters. The lowest BCUT2D eigenvalue weighted by Gasteiger charge is -2.08. The highest BCUT2D eigenvalue weighted by molar-refractivity contribution is 5.48. The second kappa shape index (κ2) is 6.02. The Hall–Kier alpha value is -1.86. The molecule has 86 valence electrons. The smallest absolute Gasteiger partial charge is 0.0329 e. The van der Waals surface area contributed by atoms with Gasteiger partial charge in [-0.25, -0.2) is 0 Å². The molecule has 2 aromatic rings. The Morgan fingerprint density at radius 3 is 2.12 bits per heavy atom. The van der Waals surface area contributed by atoms with Crippen LogP contribution < -0.4 is 5.73 Å². The predicted octanol–water partition coefficient (Wildman–Crippen LogP) is 3.79. The van der Waals surface area contributed by atoms with Crippen LogP contribution in [0.5, 0.6) is 0 Å². The van der Waals surface area contributed by atoms with Crippen molar-refractivity contribution in [1.82, 2.24) is 0 Å². The molecule has 0 fully saturated rings. The molecule has 0 aliphatic heterocycles. The van der Waals surface area contributed by atoms with Crippen molar-refractivity contribution in [3.63, 3.8) is 0 Å². The highest BCUT2D eigenvalue weighted by Crippen LogP contribution is 2.14. The van der Waals surface area contributed by atoms with E-state index in [1.165, 1.54) is 11.1 Å². The third-order valence-corrected chi connectivity index (χ3v) is 2.73. The Morgan fingerprint density at radius 2 is 1.47 bits per heavy atom. The fraction of sp³-hybridized carbons (Fsp3) is 0.125. The molecule has 1 atom stereocenters. The third-order valence-electron chi connectivity index (χ3n) is 2.73. The lowest BCUT2D eigenvalue weighted by atomic mass is 10.0. The van der Waals surface area contributed by atoms with E-state index in [1.54, 1.807) is 0 Å². The first-order chi connectivity index (χ1) is 8.36. The molecule has 0 saturated carbocycles. The van der Waals surface area contributed by atoms with Crippen molar-refractivity contribution < 1.29 is 0 Å². The minimum Gasteiger partial charge on any atom is -0.324 e. The van der Waals surface area contributed by atoms with Gasteiger partial charge in [-0.1, -0.05) is 72.8 Å². The zero-order valence-corrected chi connectivity index (χ0v) is 9.79. The summed E-state index contributed by atoms with van der Waals surface area (Å²) in [5, 5.41) is 0. The average Bonchev–Trinajstić information content (AvgIpc) is 2.41. The molecule has 0 aromatic heterocycles. The van der Waals surface area contributed by atoms with Gasteiger partial charge in [0.2, 0.25) is 0 Å². The molecule has 0 radical (unpaired) electrons. The summed E-state index contributed by atoms with van der Waals surface area (Å²) in [7, 11) is 0. The van der Waals surface area contributed by atoms with E-state index >= 15 is 0 Å². The molecular weight excluding hydrogens is 206 g/mol. The molecule has 0 heterocycles. The summed E-state index contributed by atoms with van der Waals surface area (Å²) >= 11 is 0. The number of hydrogen-bond donors (Lipinski definition) is 1. The van der Waals surface area contributed by atoms with E-state index in [0.717, 1.165) is 6.42 Å². The monoisotopic (exact) mass is 223 g/mol. The Labute approximate surface area is 103 Å². The second-order valence-corrected chi connectivity index (χ2v) is 4.07. The van der Waals surface area contributed by atoms with Crippen molar-refractivity contribution in [3.8, 4) is 0 Å². The van der Waals surface area contributed by atoms with Gasteiger partial charge in [0.05, 0.1) is 0 Å². The highest BCUT2D eigenvalue weighted by atomic mass is 14.6. The van der Waals surface area contributed by atoms with Gasteiger partial charge in [-0.15, -0.1) is 0 Å². The van der Waals surface area contributed by atoms with Crippen LogP contribution in [0.3, 0.4) is 0 Å². The predicted molar refractivity (Wildman–Crippen MR) is 73.5 cm³/mol. The van der Waals surface area contributed by atoms with E-state index in [-0.39, 0.29) is 6.04 Å². The Bertz CT molecular complexity index is 459. The van der Waals surface area contributed by atoms with Crippen molar-refractivity contribution in [3.05, 3.63) is 77.9 Å². The largest absolute Gasteiger partial charge is 0.324 e. The molecule has 1 heteroatoms. The summed E-state index contributed by atoms with van der Waals surface area (Å²) in [6.45, 7) is 0. The number of rotatable bonds is 4. The van der Waals surface area contributed by atoms with Crippen molar-refractivity contribution >= 4 is 6.08 Å². The van der Waals surface area contributed by atoms with E-state index < -0.39 is 0 Å². The molecule has 0 spiro atoms. The summed E-state index contributed by atoms with van der Waals surface area (Å²) in [5.74, 6) is 0. The Balaban J connectivity index is 1.93. The van der Waals surface area contributed by atoms with Gasteiger partial charge in [0.1, 0.15) is 0 Å². The number of benzene rings is 2. The normalized spacial score (nSPS) is 12.8. The fourth-order valence-electron chi connectivity index (χ4n) is 1.75. The van der Waals surface area contributed by atoms with Crippen LogP contribution in [0, 0.1) is 0 Å². The lowest BCUT2D eigenvalue weighted by molar-refractivity contribution is 0.742. The van der Waals surface area contributed by atoms with E-state index in [0.29, 0.717) is 0 Å². The number of hydrogen-bond acceptors (Lipinski definition) is 1. The van der Waals surface area contributed by atoms with Crippen molar-refractivity contribution in [2.75, 3.05) is 0 Å². The van der Waals surface area contributed by atoms with Crippen LogP contribution in [0.2, 0.25) is 0 Å². The minimum atomic E-state index is 0.0798. The summed E-state index contributed by atoms with van der Waals surface area (Å²) in [6, 6.07) is 20.6. The van der Waals surface area contributed by atoms with Crippen LogP contribution in [-0.2, 0) is 0 Å². The Morgan fingerprint density at radius 1 is 0.882 bits per heavy atom. The summed E-state index contributed by atoms with van der Waals surface area (Å²) < 4.78 is 0. The molecular formula is C16H17N. The molecule has 0 amide bonds. The van der Waals surface area contributed by atoms with Gasteiger partial charge in [0.25, 0.3) is 0 Å². The topological polar surface area (TPSA) is 26.0 Å². The molecule has 0 bridgehead atoms. The minimum absolute atomic E-state index is 0.0798. The first kappa shape index (κ1) is 11.6. The van der Waals surface area contributed by atoms with Gasteiger partial charge in [-0.3, -0.25) is 0 Å². The maximum atomic E-state index is 6.11. The number of nitrogens with two attached hydrogens (primary N) is 1. The standard InChI is InChI=1S/C16H17N/c17-16(15-11-5-2-6-12-15)13-7-10-14-8-3-1-4-9-14/h1-12,16H,13,17H2/b10-7+/t16-/m1/s1. The van der Waals surface area contributed by atoms with Gasteiger partial charge >= 0.3 is 0 Å². The van der Waals surface area contributed by atoms with Crippen LogP contribution >= 0.6 is 0 Å². The van der Waals surface area contributed by atoms with E-state index in [4.69, 9.17) is 5.73 Å². The van der Waals surface area contributed by atoms with Crippen LogP contribution in [0.4, 0.5) is 0 Å². The summed E-state index contributed by atoms with van der Waals surface area (Å²) in [4.78, 5) is 0. The molecule has 1 nitrogen and oxygen atoms in total. The molecule has 2 N–H and O–H groups in total. The van der Waals surface area contributed by atoms with Gasteiger partial charge in [-0.2, -0.15) is 0 Å². The van der Waals surface area contributed by atoms with Crippen LogP contribution in [-0.4, -0.2) is 0 Å². The lowest BCUT2D eigenvalue weighted by Crippen LogP contribution is -2.08. The summed E-state index contributed by atoms with van der Waals surface area (Å²) in [6.07, 6.45) is 5.11. The quantitative estimate of drug-likeness (QED) is 0.838. The highest BCUT2D eigenvalue weighted by Gasteiger charge is 2.01.